The summed E-state index contributed by atoms with van der Waals surface area (Å²) in [5, 5.41) is 8.11. The molecule has 0 aromatic heterocycles. The predicted molar refractivity (Wildman–Crippen MR) is 123 cm³/mol. The highest BCUT2D eigenvalue weighted by Gasteiger charge is 2.36. The van der Waals surface area contributed by atoms with E-state index < -0.39 is 23.9 Å². The molecular formula is C24H27FN4O4. The summed E-state index contributed by atoms with van der Waals surface area (Å²) < 4.78 is 18.3. The molecule has 2 aromatic rings. The van der Waals surface area contributed by atoms with E-state index >= 15 is 0 Å². The molecule has 0 spiro atoms. The third kappa shape index (κ3) is 5.68. The van der Waals surface area contributed by atoms with Crippen LogP contribution in [0.5, 0.6) is 0 Å². The van der Waals surface area contributed by atoms with Crippen molar-refractivity contribution < 1.29 is 23.5 Å². The lowest BCUT2D eigenvalue weighted by Crippen LogP contribution is -2.48. The number of halogens is 1. The van der Waals surface area contributed by atoms with Gasteiger partial charge in [-0.05, 0) is 49.2 Å². The van der Waals surface area contributed by atoms with Gasteiger partial charge in [0.15, 0.2) is 0 Å². The van der Waals surface area contributed by atoms with Crippen LogP contribution >= 0.6 is 0 Å². The molecule has 0 saturated heterocycles. The average molecular weight is 455 g/mol. The lowest BCUT2D eigenvalue weighted by molar-refractivity contribution is -0.136. The molecule has 9 heteroatoms. The number of urea groups is 2. The first-order chi connectivity index (χ1) is 15.8. The summed E-state index contributed by atoms with van der Waals surface area (Å²) >= 11 is 0. The van der Waals surface area contributed by atoms with E-state index in [1.165, 1.54) is 25.3 Å². The molecule has 1 atom stereocenters. The minimum atomic E-state index is -0.740. The van der Waals surface area contributed by atoms with Crippen molar-refractivity contribution in [3.05, 3.63) is 71.2 Å². The van der Waals surface area contributed by atoms with Crippen molar-refractivity contribution in [2.24, 2.45) is 0 Å². The maximum absolute atomic E-state index is 13.3. The van der Waals surface area contributed by atoms with Crippen LogP contribution in [0.15, 0.2) is 59.8 Å². The minimum absolute atomic E-state index is 0.305. The predicted octanol–water partition coefficient (Wildman–Crippen LogP) is 4.78. The second kappa shape index (κ2) is 10.6. The van der Waals surface area contributed by atoms with Crippen molar-refractivity contribution in [1.29, 1.82) is 0 Å². The number of carbonyl (C=O) groups is 3. The standard InChI is InChI=1S/C24H27FN4O4/c1-4-5-12-29-15(2)20(22(30)33-3)21(28-24(29)32)16-8-6-10-18(13-16)26-23(31)27-19-11-7-9-17(25)14-19/h6-11,13-14,21H,4-5,12H2,1-3H3,(H,28,32)(H2,26,27,31). The topological polar surface area (TPSA) is 99.8 Å². The fourth-order valence-electron chi connectivity index (χ4n) is 3.65. The first-order valence-electron chi connectivity index (χ1n) is 10.6. The number of carbonyl (C=O) groups excluding carboxylic acids is 3. The van der Waals surface area contributed by atoms with Crippen LogP contribution in [-0.4, -0.2) is 36.6 Å². The van der Waals surface area contributed by atoms with Crippen LogP contribution in [-0.2, 0) is 9.53 Å². The van der Waals surface area contributed by atoms with E-state index in [1.54, 1.807) is 42.2 Å². The summed E-state index contributed by atoms with van der Waals surface area (Å²) in [5.74, 6) is -1.01. The zero-order valence-electron chi connectivity index (χ0n) is 18.8. The second-order valence-corrected chi connectivity index (χ2v) is 7.59. The number of esters is 1. The molecule has 8 nitrogen and oxygen atoms in total. The normalized spacial score (nSPS) is 15.7. The minimum Gasteiger partial charge on any atom is -0.466 e. The Labute approximate surface area is 191 Å². The fraction of sp³-hybridized carbons (Fsp3) is 0.292. The van der Waals surface area contributed by atoms with Crippen LogP contribution in [0.3, 0.4) is 0 Å². The molecular weight excluding hydrogens is 427 g/mol. The van der Waals surface area contributed by atoms with E-state index in [2.05, 4.69) is 16.0 Å². The number of nitrogens with zero attached hydrogens (tertiary/aromatic N) is 1. The van der Waals surface area contributed by atoms with Crippen molar-refractivity contribution in [2.45, 2.75) is 32.7 Å². The number of rotatable bonds is 7. The molecule has 1 unspecified atom stereocenters. The molecule has 1 heterocycles. The molecule has 3 N–H and O–H groups in total. The van der Waals surface area contributed by atoms with E-state index in [-0.39, 0.29) is 6.03 Å². The van der Waals surface area contributed by atoms with Crippen molar-refractivity contribution in [3.63, 3.8) is 0 Å². The maximum Gasteiger partial charge on any atom is 0.337 e. The molecule has 1 aliphatic rings. The molecule has 3 rings (SSSR count). The van der Waals surface area contributed by atoms with Crippen LogP contribution < -0.4 is 16.0 Å². The number of allylic oxidation sites excluding steroid dienone is 1. The van der Waals surface area contributed by atoms with Gasteiger partial charge in [-0.1, -0.05) is 31.5 Å². The van der Waals surface area contributed by atoms with E-state index in [0.717, 1.165) is 12.8 Å². The number of hydrogen-bond acceptors (Lipinski definition) is 4. The SMILES string of the molecule is CCCCN1C(=O)NC(c2cccc(NC(=O)Nc3cccc(F)c3)c2)C(C(=O)OC)=C1C. The Balaban J connectivity index is 1.85. The van der Waals surface area contributed by atoms with Gasteiger partial charge in [-0.15, -0.1) is 0 Å². The van der Waals surface area contributed by atoms with Crippen LogP contribution in [0.1, 0.15) is 38.3 Å². The second-order valence-electron chi connectivity index (χ2n) is 7.59. The molecule has 0 bridgehead atoms. The van der Waals surface area contributed by atoms with Gasteiger partial charge in [0.1, 0.15) is 5.82 Å². The first kappa shape index (κ1) is 23.8. The van der Waals surface area contributed by atoms with Crippen molar-refractivity contribution in [2.75, 3.05) is 24.3 Å². The number of anilines is 2. The Bertz CT molecular complexity index is 1090. The molecule has 174 valence electrons. The molecule has 2 aromatic carbocycles. The highest BCUT2D eigenvalue weighted by molar-refractivity contribution is 6.00. The van der Waals surface area contributed by atoms with Crippen LogP contribution in [0.4, 0.5) is 25.4 Å². The van der Waals surface area contributed by atoms with Gasteiger partial charge in [0.05, 0.1) is 18.7 Å². The van der Waals surface area contributed by atoms with E-state index in [1.807, 2.05) is 6.92 Å². The first-order valence-corrected chi connectivity index (χ1v) is 10.6. The van der Waals surface area contributed by atoms with Gasteiger partial charge in [0.25, 0.3) is 0 Å². The number of amides is 4. The van der Waals surface area contributed by atoms with Crippen molar-refractivity contribution in [3.8, 4) is 0 Å². The third-order valence-corrected chi connectivity index (χ3v) is 5.30. The number of ether oxygens (including phenoxy) is 1. The monoisotopic (exact) mass is 454 g/mol. The van der Waals surface area contributed by atoms with Gasteiger partial charge in [0, 0.05) is 23.6 Å². The third-order valence-electron chi connectivity index (χ3n) is 5.30. The summed E-state index contributed by atoms with van der Waals surface area (Å²) in [7, 11) is 1.29. The number of unbranched alkanes of at least 4 members (excludes halogenated alkanes) is 1. The molecule has 0 radical (unpaired) electrons. The van der Waals surface area contributed by atoms with Gasteiger partial charge in [-0.25, -0.2) is 18.8 Å². The molecule has 4 amide bonds. The van der Waals surface area contributed by atoms with Crippen LogP contribution in [0, 0.1) is 5.82 Å². The zero-order chi connectivity index (χ0) is 24.0. The fourth-order valence-corrected chi connectivity index (χ4v) is 3.65. The molecule has 0 aliphatic carbocycles. The Morgan fingerprint density at radius 3 is 2.42 bits per heavy atom. The smallest absolute Gasteiger partial charge is 0.337 e. The summed E-state index contributed by atoms with van der Waals surface area (Å²) in [5.41, 5.74) is 2.20. The zero-order valence-corrected chi connectivity index (χ0v) is 18.8. The quantitative estimate of drug-likeness (QED) is 0.524. The Morgan fingerprint density at radius 2 is 1.79 bits per heavy atom. The largest absolute Gasteiger partial charge is 0.466 e. The van der Waals surface area contributed by atoms with E-state index in [9.17, 15) is 18.8 Å². The van der Waals surface area contributed by atoms with Gasteiger partial charge >= 0.3 is 18.0 Å². The van der Waals surface area contributed by atoms with E-state index in [4.69, 9.17) is 4.74 Å². The number of nitrogens with one attached hydrogen (secondary N) is 3. The Hall–Kier alpha value is -3.88. The summed E-state index contributed by atoms with van der Waals surface area (Å²) in [6, 6.07) is 10.7. The maximum atomic E-state index is 13.3. The lowest BCUT2D eigenvalue weighted by atomic mass is 9.94. The van der Waals surface area contributed by atoms with Crippen LogP contribution in [0.2, 0.25) is 0 Å². The molecule has 33 heavy (non-hydrogen) atoms. The van der Waals surface area contributed by atoms with Crippen molar-refractivity contribution >= 4 is 29.4 Å². The van der Waals surface area contributed by atoms with Crippen molar-refractivity contribution in [1.82, 2.24) is 10.2 Å². The van der Waals surface area contributed by atoms with Gasteiger partial charge in [-0.3, -0.25) is 4.90 Å². The molecule has 0 fully saturated rings. The van der Waals surface area contributed by atoms with Gasteiger partial charge in [0.2, 0.25) is 0 Å². The highest BCUT2D eigenvalue weighted by Crippen LogP contribution is 2.32. The Morgan fingerprint density at radius 1 is 1.12 bits per heavy atom. The molecule has 0 saturated carbocycles. The lowest BCUT2D eigenvalue weighted by Gasteiger charge is -2.35. The van der Waals surface area contributed by atoms with Gasteiger partial charge in [-0.2, -0.15) is 0 Å². The van der Waals surface area contributed by atoms with Gasteiger partial charge < -0.3 is 20.7 Å². The number of hydrogen-bond donors (Lipinski definition) is 3. The number of methoxy groups -OCH3 is 1. The Kier molecular flexibility index (Phi) is 7.66. The summed E-state index contributed by atoms with van der Waals surface area (Å²) in [6.45, 7) is 4.24. The van der Waals surface area contributed by atoms with Crippen LogP contribution in [0.25, 0.3) is 0 Å². The highest BCUT2D eigenvalue weighted by atomic mass is 19.1. The summed E-state index contributed by atoms with van der Waals surface area (Å²) in [6.07, 6.45) is 1.70. The summed E-state index contributed by atoms with van der Waals surface area (Å²) in [4.78, 5) is 39.3. The number of benzene rings is 2. The van der Waals surface area contributed by atoms with E-state index in [0.29, 0.717) is 34.8 Å². The molecule has 1 aliphatic heterocycles. The average Bonchev–Trinajstić information content (AvgIpc) is 2.78.